The average molecular weight is 287 g/mol. The Labute approximate surface area is 121 Å². The van der Waals surface area contributed by atoms with E-state index in [1.165, 1.54) is 0 Å². The zero-order chi connectivity index (χ0) is 13.7. The van der Waals surface area contributed by atoms with E-state index in [0.717, 1.165) is 11.4 Å². The fourth-order valence-electron chi connectivity index (χ4n) is 1.42. The zero-order valence-electron chi connectivity index (χ0n) is 11.8. The largest absolute Gasteiger partial charge is 0.491 e. The van der Waals surface area contributed by atoms with E-state index < -0.39 is 6.04 Å². The second-order valence-corrected chi connectivity index (χ2v) is 4.95. The van der Waals surface area contributed by atoms with Gasteiger partial charge in [-0.1, -0.05) is 13.8 Å². The van der Waals surface area contributed by atoms with Gasteiger partial charge in [-0.25, -0.2) is 0 Å². The molecule has 108 valence electrons. The number of halogens is 1. The normalized spacial score (nSPS) is 11.9. The highest BCUT2D eigenvalue weighted by atomic mass is 35.5. The van der Waals surface area contributed by atoms with Gasteiger partial charge in [-0.2, -0.15) is 0 Å². The first-order chi connectivity index (χ1) is 8.40. The monoisotopic (exact) mass is 286 g/mol. The third-order valence-electron chi connectivity index (χ3n) is 2.51. The molecule has 0 spiro atoms. The van der Waals surface area contributed by atoms with E-state index in [2.05, 4.69) is 5.32 Å². The van der Waals surface area contributed by atoms with Gasteiger partial charge in [-0.15, -0.1) is 12.4 Å². The summed E-state index contributed by atoms with van der Waals surface area (Å²) in [6, 6.07) is 6.79. The molecule has 0 aliphatic heterocycles. The number of ether oxygens (including phenoxy) is 1. The van der Waals surface area contributed by atoms with Gasteiger partial charge in [0.15, 0.2) is 0 Å². The smallest absolute Gasteiger partial charge is 0.241 e. The van der Waals surface area contributed by atoms with Crippen molar-refractivity contribution in [2.45, 2.75) is 39.8 Å². The molecule has 1 unspecified atom stereocenters. The minimum absolute atomic E-state index is 0. The molecule has 0 fully saturated rings. The number of hydrogen-bond acceptors (Lipinski definition) is 3. The molecule has 19 heavy (non-hydrogen) atoms. The van der Waals surface area contributed by atoms with E-state index in [4.69, 9.17) is 10.5 Å². The first-order valence-electron chi connectivity index (χ1n) is 6.23. The lowest BCUT2D eigenvalue weighted by Crippen LogP contribution is -2.39. The summed E-state index contributed by atoms with van der Waals surface area (Å²) in [6.07, 6.45) is 0.139. The SMILES string of the molecule is CC(C)Oc1ccc(NC(=O)C(N)C(C)C)cc1.Cl. The van der Waals surface area contributed by atoms with Gasteiger partial charge in [-0.05, 0) is 44.0 Å². The molecule has 1 atom stereocenters. The van der Waals surface area contributed by atoms with Crippen LogP contribution < -0.4 is 15.8 Å². The summed E-state index contributed by atoms with van der Waals surface area (Å²) in [5.74, 6) is 0.743. The van der Waals surface area contributed by atoms with Gasteiger partial charge in [0, 0.05) is 5.69 Å². The van der Waals surface area contributed by atoms with Crippen LogP contribution in [0.3, 0.4) is 0 Å². The molecule has 5 heteroatoms. The minimum atomic E-state index is -0.489. The average Bonchev–Trinajstić information content (AvgIpc) is 2.29. The number of nitrogens with one attached hydrogen (secondary N) is 1. The van der Waals surface area contributed by atoms with Gasteiger partial charge in [0.2, 0.25) is 5.91 Å². The van der Waals surface area contributed by atoms with Gasteiger partial charge in [0.05, 0.1) is 12.1 Å². The number of amides is 1. The molecule has 0 aliphatic rings. The van der Waals surface area contributed by atoms with Gasteiger partial charge in [0.25, 0.3) is 0 Å². The minimum Gasteiger partial charge on any atom is -0.491 e. The molecular weight excluding hydrogens is 264 g/mol. The molecule has 1 amide bonds. The number of benzene rings is 1. The van der Waals surface area contributed by atoms with Gasteiger partial charge < -0.3 is 15.8 Å². The fourth-order valence-corrected chi connectivity index (χ4v) is 1.42. The third-order valence-corrected chi connectivity index (χ3v) is 2.51. The van der Waals surface area contributed by atoms with Crippen molar-refractivity contribution in [3.8, 4) is 5.75 Å². The maximum absolute atomic E-state index is 11.7. The van der Waals surface area contributed by atoms with Crippen LogP contribution in [0.25, 0.3) is 0 Å². The van der Waals surface area contributed by atoms with E-state index >= 15 is 0 Å². The highest BCUT2D eigenvalue weighted by Gasteiger charge is 2.16. The van der Waals surface area contributed by atoms with Crippen LogP contribution in [0.1, 0.15) is 27.7 Å². The molecule has 0 bridgehead atoms. The summed E-state index contributed by atoms with van der Waals surface area (Å²) in [5, 5.41) is 2.78. The Balaban J connectivity index is 0.00000324. The molecule has 4 nitrogen and oxygen atoms in total. The Morgan fingerprint density at radius 3 is 2.11 bits per heavy atom. The van der Waals surface area contributed by atoms with E-state index in [-0.39, 0.29) is 30.3 Å². The summed E-state index contributed by atoms with van der Waals surface area (Å²) in [4.78, 5) is 11.7. The second kappa shape index (κ2) is 8.02. The molecule has 1 rings (SSSR count). The number of carbonyl (C=O) groups excluding carboxylic acids is 1. The quantitative estimate of drug-likeness (QED) is 0.875. The summed E-state index contributed by atoms with van der Waals surface area (Å²) < 4.78 is 5.52. The molecule has 0 heterocycles. The van der Waals surface area contributed by atoms with Crippen molar-refractivity contribution in [3.05, 3.63) is 24.3 Å². The maximum atomic E-state index is 11.7. The van der Waals surface area contributed by atoms with Crippen molar-refractivity contribution in [1.82, 2.24) is 0 Å². The molecule has 0 saturated carbocycles. The number of nitrogens with two attached hydrogens (primary N) is 1. The Hall–Kier alpha value is -1.26. The Morgan fingerprint density at radius 1 is 1.16 bits per heavy atom. The lowest BCUT2D eigenvalue weighted by molar-refractivity contribution is -0.118. The first-order valence-corrected chi connectivity index (χ1v) is 6.23. The van der Waals surface area contributed by atoms with Crippen molar-refractivity contribution in [2.24, 2.45) is 11.7 Å². The molecule has 0 saturated heterocycles. The zero-order valence-corrected chi connectivity index (χ0v) is 12.7. The first kappa shape index (κ1) is 17.7. The summed E-state index contributed by atoms with van der Waals surface area (Å²) in [7, 11) is 0. The van der Waals surface area contributed by atoms with Crippen LogP contribution in [0, 0.1) is 5.92 Å². The lowest BCUT2D eigenvalue weighted by Gasteiger charge is -2.15. The van der Waals surface area contributed by atoms with Crippen LogP contribution in [0.5, 0.6) is 5.75 Å². The molecule has 0 aliphatic carbocycles. The van der Waals surface area contributed by atoms with Crippen LogP contribution in [-0.4, -0.2) is 18.1 Å². The van der Waals surface area contributed by atoms with Crippen LogP contribution >= 0.6 is 12.4 Å². The third kappa shape index (κ3) is 5.94. The maximum Gasteiger partial charge on any atom is 0.241 e. The molecule has 0 aromatic heterocycles. The van der Waals surface area contributed by atoms with E-state index in [1.54, 1.807) is 0 Å². The summed E-state index contributed by atoms with van der Waals surface area (Å²) in [6.45, 7) is 7.78. The molecule has 0 radical (unpaired) electrons. The second-order valence-electron chi connectivity index (χ2n) is 4.95. The Bertz CT molecular complexity index is 391. The molecule has 3 N–H and O–H groups in total. The van der Waals surface area contributed by atoms with Crippen molar-refractivity contribution >= 4 is 24.0 Å². The molecule has 1 aromatic rings. The predicted molar refractivity (Wildman–Crippen MR) is 80.9 cm³/mol. The van der Waals surface area contributed by atoms with Crippen molar-refractivity contribution < 1.29 is 9.53 Å². The Morgan fingerprint density at radius 2 is 1.68 bits per heavy atom. The van der Waals surface area contributed by atoms with Crippen LogP contribution in [0.15, 0.2) is 24.3 Å². The number of rotatable bonds is 5. The van der Waals surface area contributed by atoms with Crippen LogP contribution in [0.2, 0.25) is 0 Å². The van der Waals surface area contributed by atoms with E-state index in [0.29, 0.717) is 0 Å². The lowest BCUT2D eigenvalue weighted by atomic mass is 10.1. The highest BCUT2D eigenvalue weighted by Crippen LogP contribution is 2.17. The van der Waals surface area contributed by atoms with E-state index in [1.807, 2.05) is 52.0 Å². The number of anilines is 1. The van der Waals surface area contributed by atoms with Crippen molar-refractivity contribution in [2.75, 3.05) is 5.32 Å². The van der Waals surface area contributed by atoms with Crippen molar-refractivity contribution in [1.29, 1.82) is 0 Å². The highest BCUT2D eigenvalue weighted by molar-refractivity contribution is 5.94. The summed E-state index contributed by atoms with van der Waals surface area (Å²) in [5.41, 5.74) is 6.50. The fraction of sp³-hybridized carbons (Fsp3) is 0.500. The van der Waals surface area contributed by atoms with Crippen LogP contribution in [-0.2, 0) is 4.79 Å². The standard InChI is InChI=1S/C14H22N2O2.ClH/c1-9(2)13(15)14(17)16-11-5-7-12(8-6-11)18-10(3)4;/h5-10,13H,15H2,1-4H3,(H,16,17);1H. The molecule has 1 aromatic carbocycles. The van der Waals surface area contributed by atoms with Gasteiger partial charge in [0.1, 0.15) is 5.75 Å². The predicted octanol–water partition coefficient (Wildman–Crippen LogP) is 2.82. The van der Waals surface area contributed by atoms with Crippen molar-refractivity contribution in [3.63, 3.8) is 0 Å². The van der Waals surface area contributed by atoms with Gasteiger partial charge in [-0.3, -0.25) is 4.79 Å². The van der Waals surface area contributed by atoms with Crippen LogP contribution in [0.4, 0.5) is 5.69 Å². The Kier molecular flexibility index (Phi) is 7.49. The summed E-state index contributed by atoms with van der Waals surface area (Å²) >= 11 is 0. The number of hydrogen-bond donors (Lipinski definition) is 2. The van der Waals surface area contributed by atoms with Gasteiger partial charge >= 0.3 is 0 Å². The topological polar surface area (TPSA) is 64.3 Å². The number of carbonyl (C=O) groups is 1. The van der Waals surface area contributed by atoms with E-state index in [9.17, 15) is 4.79 Å². The molecular formula is C14H23ClN2O2.